The van der Waals surface area contributed by atoms with Crippen LogP contribution in [-0.4, -0.2) is 62.0 Å². The van der Waals surface area contributed by atoms with Gasteiger partial charge in [0.2, 0.25) is 5.91 Å². The van der Waals surface area contributed by atoms with Crippen LogP contribution in [0.25, 0.3) is 0 Å². The summed E-state index contributed by atoms with van der Waals surface area (Å²) in [5.41, 5.74) is 0.950. The van der Waals surface area contributed by atoms with Gasteiger partial charge in [-0.3, -0.25) is 9.69 Å². The molecule has 1 fully saturated rings. The van der Waals surface area contributed by atoms with Crippen molar-refractivity contribution in [2.75, 3.05) is 33.9 Å². The van der Waals surface area contributed by atoms with Gasteiger partial charge in [-0.1, -0.05) is 18.2 Å². The number of carbonyl (C=O) groups excluding carboxylic acids is 1. The molecule has 1 heterocycles. The smallest absolute Gasteiger partial charge is 0.221 e. The second-order valence-corrected chi connectivity index (χ2v) is 5.49. The van der Waals surface area contributed by atoms with Crippen molar-refractivity contribution in [3.8, 4) is 5.75 Å². The zero-order valence-electron chi connectivity index (χ0n) is 13.1. The van der Waals surface area contributed by atoms with Crippen LogP contribution in [0.5, 0.6) is 5.75 Å². The highest BCUT2D eigenvalue weighted by Crippen LogP contribution is 2.16. The van der Waals surface area contributed by atoms with Crippen molar-refractivity contribution in [3.05, 3.63) is 29.8 Å². The number of aliphatic hydroxyl groups excluding tert-OH is 1. The van der Waals surface area contributed by atoms with Gasteiger partial charge in [-0.25, -0.2) is 0 Å². The number of benzene rings is 1. The minimum Gasteiger partial charge on any atom is -0.496 e. The molecule has 1 saturated heterocycles. The standard InChI is InChI=1S/C16H24N2O4/c1-18(13-10-22-11-14(13)19)8-7-16(20)17-9-12-5-3-4-6-15(12)21-2/h3-6,13-14,19H,7-11H2,1-2H3,(H,17,20)/t13-,14-/m0/s1. The normalized spacial score (nSPS) is 21.1. The van der Waals surface area contributed by atoms with Crippen molar-refractivity contribution in [1.82, 2.24) is 10.2 Å². The molecule has 2 N–H and O–H groups in total. The number of aliphatic hydroxyl groups is 1. The van der Waals surface area contributed by atoms with E-state index in [0.29, 0.717) is 32.7 Å². The zero-order valence-corrected chi connectivity index (χ0v) is 13.1. The Balaban J connectivity index is 1.74. The average molecular weight is 308 g/mol. The summed E-state index contributed by atoms with van der Waals surface area (Å²) in [7, 11) is 3.51. The first-order valence-electron chi connectivity index (χ1n) is 7.46. The largest absolute Gasteiger partial charge is 0.496 e. The second-order valence-electron chi connectivity index (χ2n) is 5.49. The van der Waals surface area contributed by atoms with Crippen LogP contribution in [0.1, 0.15) is 12.0 Å². The van der Waals surface area contributed by atoms with Gasteiger partial charge >= 0.3 is 0 Å². The molecular weight excluding hydrogens is 284 g/mol. The molecule has 22 heavy (non-hydrogen) atoms. The predicted molar refractivity (Wildman–Crippen MR) is 82.7 cm³/mol. The Kier molecular flexibility index (Phi) is 6.18. The van der Waals surface area contributed by atoms with Crippen LogP contribution < -0.4 is 10.1 Å². The Hall–Kier alpha value is -1.63. The first-order chi connectivity index (χ1) is 10.6. The summed E-state index contributed by atoms with van der Waals surface area (Å²) >= 11 is 0. The van der Waals surface area contributed by atoms with E-state index in [2.05, 4.69) is 5.32 Å². The lowest BCUT2D eigenvalue weighted by Gasteiger charge is -2.25. The third-order valence-electron chi connectivity index (χ3n) is 3.95. The van der Waals surface area contributed by atoms with E-state index in [4.69, 9.17) is 9.47 Å². The van der Waals surface area contributed by atoms with Crippen molar-refractivity contribution < 1.29 is 19.4 Å². The Bertz CT molecular complexity index is 495. The molecule has 2 atom stereocenters. The van der Waals surface area contributed by atoms with Crippen molar-refractivity contribution in [1.29, 1.82) is 0 Å². The molecule has 1 aliphatic heterocycles. The summed E-state index contributed by atoms with van der Waals surface area (Å²) in [5.74, 6) is 0.748. The van der Waals surface area contributed by atoms with E-state index < -0.39 is 6.10 Å². The number of ether oxygens (including phenoxy) is 2. The topological polar surface area (TPSA) is 71.0 Å². The van der Waals surface area contributed by atoms with E-state index in [9.17, 15) is 9.90 Å². The lowest BCUT2D eigenvalue weighted by Crippen LogP contribution is -2.42. The highest BCUT2D eigenvalue weighted by Gasteiger charge is 2.29. The summed E-state index contributed by atoms with van der Waals surface area (Å²) in [6.45, 7) is 1.92. The van der Waals surface area contributed by atoms with Crippen LogP contribution in [0.4, 0.5) is 0 Å². The first kappa shape index (κ1) is 16.7. The fourth-order valence-corrected chi connectivity index (χ4v) is 2.53. The molecule has 2 rings (SSSR count). The predicted octanol–water partition coefficient (Wildman–Crippen LogP) is 0.393. The molecule has 1 aromatic rings. The molecule has 0 spiro atoms. The summed E-state index contributed by atoms with van der Waals surface area (Å²) in [6, 6.07) is 7.59. The Morgan fingerprint density at radius 2 is 2.23 bits per heavy atom. The SMILES string of the molecule is COc1ccccc1CNC(=O)CCN(C)[C@H]1COC[C@@H]1O. The second kappa shape index (κ2) is 8.12. The molecule has 0 radical (unpaired) electrons. The molecular formula is C16H24N2O4. The number of nitrogens with one attached hydrogen (secondary N) is 1. The van der Waals surface area contributed by atoms with E-state index in [0.717, 1.165) is 11.3 Å². The molecule has 1 aliphatic rings. The molecule has 122 valence electrons. The Morgan fingerprint density at radius 1 is 1.45 bits per heavy atom. The lowest BCUT2D eigenvalue weighted by molar-refractivity contribution is -0.121. The van der Waals surface area contributed by atoms with Gasteiger partial charge in [0, 0.05) is 25.1 Å². The van der Waals surface area contributed by atoms with Gasteiger partial charge in [-0.2, -0.15) is 0 Å². The number of para-hydroxylation sites is 1. The minimum atomic E-state index is -0.471. The van der Waals surface area contributed by atoms with Crippen LogP contribution >= 0.6 is 0 Å². The van der Waals surface area contributed by atoms with Crippen molar-refractivity contribution in [2.45, 2.75) is 25.1 Å². The molecule has 6 heteroatoms. The highest BCUT2D eigenvalue weighted by atomic mass is 16.5. The number of methoxy groups -OCH3 is 1. The van der Waals surface area contributed by atoms with Crippen LogP contribution in [0, 0.1) is 0 Å². The van der Waals surface area contributed by atoms with Crippen molar-refractivity contribution >= 4 is 5.91 Å². The third-order valence-corrected chi connectivity index (χ3v) is 3.95. The van der Waals surface area contributed by atoms with Crippen molar-refractivity contribution in [3.63, 3.8) is 0 Å². The van der Waals surface area contributed by atoms with Gasteiger partial charge in [-0.05, 0) is 13.1 Å². The number of amides is 1. The number of hydrogen-bond acceptors (Lipinski definition) is 5. The fourth-order valence-electron chi connectivity index (χ4n) is 2.53. The summed E-state index contributed by atoms with van der Waals surface area (Å²) in [5, 5.41) is 12.6. The molecule has 1 aromatic carbocycles. The van der Waals surface area contributed by atoms with Gasteiger partial charge in [0.15, 0.2) is 0 Å². The van der Waals surface area contributed by atoms with Crippen molar-refractivity contribution in [2.24, 2.45) is 0 Å². The molecule has 0 unspecified atom stereocenters. The first-order valence-corrected chi connectivity index (χ1v) is 7.46. The van der Waals surface area contributed by atoms with Gasteiger partial charge in [0.25, 0.3) is 0 Å². The quantitative estimate of drug-likeness (QED) is 0.763. The number of likely N-dealkylation sites (N-methyl/N-ethyl adjacent to an activating group) is 1. The summed E-state index contributed by atoms with van der Waals surface area (Å²) in [4.78, 5) is 13.9. The molecule has 0 aromatic heterocycles. The van der Waals surface area contributed by atoms with Gasteiger partial charge in [-0.15, -0.1) is 0 Å². The Labute approximate surface area is 131 Å². The summed E-state index contributed by atoms with van der Waals surface area (Å²) < 4.78 is 10.5. The third kappa shape index (κ3) is 4.43. The highest BCUT2D eigenvalue weighted by molar-refractivity contribution is 5.76. The minimum absolute atomic E-state index is 0.0221. The van der Waals surface area contributed by atoms with Gasteiger partial charge < -0.3 is 19.9 Å². The number of nitrogens with zero attached hydrogens (tertiary/aromatic N) is 1. The molecule has 0 saturated carbocycles. The maximum atomic E-state index is 11.9. The van der Waals surface area contributed by atoms with Gasteiger partial charge in [0.05, 0.1) is 32.5 Å². The van der Waals surface area contributed by atoms with E-state index in [1.54, 1.807) is 7.11 Å². The molecule has 0 aliphatic carbocycles. The van der Waals surface area contributed by atoms with Crippen LogP contribution in [-0.2, 0) is 16.1 Å². The number of hydrogen-bond donors (Lipinski definition) is 2. The van der Waals surface area contributed by atoms with Crippen LogP contribution in [0.2, 0.25) is 0 Å². The van der Waals surface area contributed by atoms with Crippen LogP contribution in [0.3, 0.4) is 0 Å². The number of carbonyl (C=O) groups is 1. The maximum Gasteiger partial charge on any atom is 0.221 e. The summed E-state index contributed by atoms with van der Waals surface area (Å²) in [6.07, 6.45) is -0.0869. The molecule has 0 bridgehead atoms. The molecule has 1 amide bonds. The monoisotopic (exact) mass is 308 g/mol. The van der Waals surface area contributed by atoms with E-state index in [1.165, 1.54) is 0 Å². The van der Waals surface area contributed by atoms with Crippen LogP contribution in [0.15, 0.2) is 24.3 Å². The number of rotatable bonds is 7. The fraction of sp³-hybridized carbons (Fsp3) is 0.562. The zero-order chi connectivity index (χ0) is 15.9. The maximum absolute atomic E-state index is 11.9. The van der Waals surface area contributed by atoms with Gasteiger partial charge in [0.1, 0.15) is 5.75 Å². The van der Waals surface area contributed by atoms with E-state index in [1.807, 2.05) is 36.2 Å². The molecule has 6 nitrogen and oxygen atoms in total. The lowest BCUT2D eigenvalue weighted by atomic mass is 10.2. The van der Waals surface area contributed by atoms with E-state index >= 15 is 0 Å². The van der Waals surface area contributed by atoms with E-state index in [-0.39, 0.29) is 11.9 Å². The Morgan fingerprint density at radius 3 is 2.91 bits per heavy atom. The average Bonchev–Trinajstić information content (AvgIpc) is 2.97.